The van der Waals surface area contributed by atoms with E-state index in [4.69, 9.17) is 11.6 Å². The number of pyridine rings is 1. The molecule has 0 spiro atoms. The molecule has 47 heavy (non-hydrogen) atoms. The topological polar surface area (TPSA) is 83.6 Å². The average Bonchev–Trinajstić information content (AvgIpc) is 3.64. The number of hydrogen-bond donors (Lipinski definition) is 1. The maximum atomic E-state index is 14.3. The maximum absolute atomic E-state index is 14.3. The van der Waals surface area contributed by atoms with Crippen LogP contribution in [0.15, 0.2) is 104 Å². The minimum atomic E-state index is -0.234. The first-order valence-corrected chi connectivity index (χ1v) is 15.9. The van der Waals surface area contributed by atoms with E-state index in [2.05, 4.69) is 24.0 Å². The van der Waals surface area contributed by atoms with Crippen molar-refractivity contribution < 1.29 is 14.7 Å². The molecule has 9 heteroatoms. The Balaban J connectivity index is 1.24. The summed E-state index contributed by atoms with van der Waals surface area (Å²) in [6, 6.07) is 26.0. The first-order valence-electron chi connectivity index (χ1n) is 15.5. The molecule has 1 atom stereocenters. The van der Waals surface area contributed by atoms with E-state index in [1.165, 1.54) is 5.56 Å². The monoisotopic (exact) mass is 643 g/mol. The van der Waals surface area contributed by atoms with E-state index in [1.807, 2.05) is 64.7 Å². The number of nitrogens with zero attached hydrogens (tertiary/aromatic N) is 5. The Morgan fingerprint density at radius 1 is 0.957 bits per heavy atom. The van der Waals surface area contributed by atoms with Crippen LogP contribution in [0, 0.1) is 0 Å². The molecule has 4 heterocycles. The standard InChI is InChI=1S/C38H34ClN5O3/c1-24-16-26-6-4-5-7-28(26)23-43(24)38(47)33-13-8-30(39)19-34(33)35-18-29(22-42(35)3)37(46)44(31-9-11-32(45)12-10-31)21-25-17-27-14-15-41(2)36(27)40-20-25/h4-15,17-20,22,24,45H,16,21,23H2,1-3H3/t24-/m1/s1. The molecule has 0 saturated carbocycles. The number of aryl methyl sites for hydroxylation is 2. The number of carbonyl (C=O) groups is 2. The number of rotatable bonds is 6. The zero-order valence-corrected chi connectivity index (χ0v) is 27.1. The fourth-order valence-electron chi connectivity index (χ4n) is 6.51. The summed E-state index contributed by atoms with van der Waals surface area (Å²) in [4.78, 5) is 36.7. The highest BCUT2D eigenvalue weighted by atomic mass is 35.5. The fourth-order valence-corrected chi connectivity index (χ4v) is 6.68. The Morgan fingerprint density at radius 3 is 2.51 bits per heavy atom. The summed E-state index contributed by atoms with van der Waals surface area (Å²) in [6.45, 7) is 2.87. The van der Waals surface area contributed by atoms with Gasteiger partial charge in [0, 0.05) is 78.2 Å². The normalized spacial score (nSPS) is 14.3. The lowest BCUT2D eigenvalue weighted by Gasteiger charge is -2.35. The van der Waals surface area contributed by atoms with Gasteiger partial charge in [-0.1, -0.05) is 35.9 Å². The van der Waals surface area contributed by atoms with Gasteiger partial charge in [0.25, 0.3) is 11.8 Å². The van der Waals surface area contributed by atoms with E-state index in [-0.39, 0.29) is 30.2 Å². The number of phenols is 1. The van der Waals surface area contributed by atoms with E-state index in [0.29, 0.717) is 39.6 Å². The quantitative estimate of drug-likeness (QED) is 0.205. The Bertz CT molecular complexity index is 2150. The van der Waals surface area contributed by atoms with Crippen molar-refractivity contribution in [3.8, 4) is 17.0 Å². The molecular formula is C38H34ClN5O3. The first-order chi connectivity index (χ1) is 22.7. The van der Waals surface area contributed by atoms with Gasteiger partial charge < -0.3 is 24.0 Å². The molecule has 236 valence electrons. The number of carbonyl (C=O) groups excluding carboxylic acids is 2. The number of amides is 2. The lowest BCUT2D eigenvalue weighted by Crippen LogP contribution is -2.42. The number of hydrogen-bond acceptors (Lipinski definition) is 4. The third-order valence-corrected chi connectivity index (χ3v) is 9.25. The van der Waals surface area contributed by atoms with Crippen molar-refractivity contribution in [2.45, 2.75) is 32.5 Å². The second kappa shape index (κ2) is 12.1. The molecule has 0 saturated heterocycles. The number of fused-ring (bicyclic) bond motifs is 2. The molecule has 7 rings (SSSR count). The van der Waals surface area contributed by atoms with Crippen LogP contribution in [0.25, 0.3) is 22.3 Å². The summed E-state index contributed by atoms with van der Waals surface area (Å²) in [7, 11) is 3.80. The van der Waals surface area contributed by atoms with Crippen molar-refractivity contribution in [2.75, 3.05) is 4.90 Å². The molecule has 0 unspecified atom stereocenters. The molecule has 1 N–H and O–H groups in total. The molecule has 0 aliphatic carbocycles. The van der Waals surface area contributed by atoms with Gasteiger partial charge in [-0.15, -0.1) is 0 Å². The summed E-state index contributed by atoms with van der Waals surface area (Å²) < 4.78 is 3.81. The SMILES string of the molecule is C[C@@H]1Cc2ccccc2CN1C(=O)c1ccc(Cl)cc1-c1cc(C(=O)N(Cc2cnc3c(ccn3C)c2)c2ccc(O)cc2)cn1C. The van der Waals surface area contributed by atoms with E-state index >= 15 is 0 Å². The van der Waals surface area contributed by atoms with Crippen LogP contribution in [0.5, 0.6) is 5.75 Å². The van der Waals surface area contributed by atoms with Gasteiger partial charge >= 0.3 is 0 Å². The van der Waals surface area contributed by atoms with Crippen LogP contribution in [-0.4, -0.2) is 42.0 Å². The summed E-state index contributed by atoms with van der Waals surface area (Å²) in [5.74, 6) is -0.204. The third-order valence-electron chi connectivity index (χ3n) is 9.02. The van der Waals surface area contributed by atoms with Crippen LogP contribution >= 0.6 is 11.6 Å². The number of phenolic OH excluding ortho intramolecular Hbond substituents is 1. The lowest BCUT2D eigenvalue weighted by atomic mass is 9.93. The fraction of sp³-hybridized carbons (Fsp3) is 0.184. The number of benzene rings is 3. The van der Waals surface area contributed by atoms with Crippen LogP contribution in [0.1, 0.15) is 44.3 Å². The van der Waals surface area contributed by atoms with Crippen molar-refractivity contribution in [3.05, 3.63) is 136 Å². The number of aromatic hydroxyl groups is 1. The predicted molar refractivity (Wildman–Crippen MR) is 185 cm³/mol. The molecule has 1 aliphatic rings. The van der Waals surface area contributed by atoms with Gasteiger partial charge in [-0.05, 0) is 90.7 Å². The number of anilines is 1. The largest absolute Gasteiger partial charge is 0.508 e. The maximum Gasteiger partial charge on any atom is 0.260 e. The van der Waals surface area contributed by atoms with Crippen molar-refractivity contribution in [3.63, 3.8) is 0 Å². The van der Waals surface area contributed by atoms with Gasteiger partial charge in [-0.2, -0.15) is 0 Å². The summed E-state index contributed by atoms with van der Waals surface area (Å²) >= 11 is 6.51. The van der Waals surface area contributed by atoms with Gasteiger partial charge in [0.1, 0.15) is 11.4 Å². The summed E-state index contributed by atoms with van der Waals surface area (Å²) in [5.41, 5.74) is 7.10. The predicted octanol–water partition coefficient (Wildman–Crippen LogP) is 7.37. The highest BCUT2D eigenvalue weighted by Crippen LogP contribution is 2.33. The minimum Gasteiger partial charge on any atom is -0.508 e. The van der Waals surface area contributed by atoms with E-state index in [0.717, 1.165) is 28.6 Å². The molecule has 3 aromatic carbocycles. The first kappa shape index (κ1) is 30.3. The zero-order chi connectivity index (χ0) is 32.8. The van der Waals surface area contributed by atoms with E-state index < -0.39 is 0 Å². The van der Waals surface area contributed by atoms with Gasteiger partial charge in [-0.3, -0.25) is 9.59 Å². The smallest absolute Gasteiger partial charge is 0.260 e. The Kier molecular flexibility index (Phi) is 7.82. The molecule has 8 nitrogen and oxygen atoms in total. The second-order valence-corrected chi connectivity index (χ2v) is 12.7. The van der Waals surface area contributed by atoms with Crippen LogP contribution in [0.2, 0.25) is 5.02 Å². The molecule has 0 bridgehead atoms. The lowest BCUT2D eigenvalue weighted by molar-refractivity contribution is 0.0659. The molecular weight excluding hydrogens is 610 g/mol. The van der Waals surface area contributed by atoms with Gasteiger partial charge in [0.2, 0.25) is 0 Å². The third kappa shape index (κ3) is 5.77. The minimum absolute atomic E-state index is 0.0231. The van der Waals surface area contributed by atoms with Crippen molar-refractivity contribution in [1.82, 2.24) is 19.0 Å². The average molecular weight is 644 g/mol. The second-order valence-electron chi connectivity index (χ2n) is 12.3. The van der Waals surface area contributed by atoms with Crippen LogP contribution < -0.4 is 4.90 Å². The van der Waals surface area contributed by atoms with Crippen LogP contribution in [0.3, 0.4) is 0 Å². The number of aromatic nitrogens is 3. The summed E-state index contributed by atoms with van der Waals surface area (Å²) in [5, 5.41) is 11.4. The molecule has 0 fully saturated rings. The van der Waals surface area contributed by atoms with Crippen molar-refractivity contribution >= 4 is 40.1 Å². The molecule has 3 aromatic heterocycles. The van der Waals surface area contributed by atoms with Crippen LogP contribution in [0.4, 0.5) is 5.69 Å². The van der Waals surface area contributed by atoms with E-state index in [9.17, 15) is 14.7 Å². The van der Waals surface area contributed by atoms with Crippen LogP contribution in [-0.2, 0) is 33.6 Å². The van der Waals surface area contributed by atoms with Gasteiger partial charge in [-0.25, -0.2) is 4.98 Å². The molecule has 1 aliphatic heterocycles. The number of halogens is 1. The summed E-state index contributed by atoms with van der Waals surface area (Å²) in [6.07, 6.45) is 6.30. The molecule has 2 amide bonds. The molecule has 6 aromatic rings. The van der Waals surface area contributed by atoms with Gasteiger partial charge in [0.05, 0.1) is 12.1 Å². The van der Waals surface area contributed by atoms with E-state index in [1.54, 1.807) is 59.8 Å². The Hall–Kier alpha value is -5.34. The van der Waals surface area contributed by atoms with Crippen molar-refractivity contribution in [1.29, 1.82) is 0 Å². The Morgan fingerprint density at radius 2 is 1.72 bits per heavy atom. The molecule has 0 radical (unpaired) electrons. The van der Waals surface area contributed by atoms with Crippen molar-refractivity contribution in [2.24, 2.45) is 14.1 Å². The highest BCUT2D eigenvalue weighted by Gasteiger charge is 2.30. The Labute approximate surface area is 278 Å². The van der Waals surface area contributed by atoms with Gasteiger partial charge in [0.15, 0.2) is 0 Å². The highest BCUT2D eigenvalue weighted by molar-refractivity contribution is 6.31. The zero-order valence-electron chi connectivity index (χ0n) is 26.4.